The molecule has 1 aromatic carbocycles. The number of hydrogen-bond donors (Lipinski definition) is 3. The number of nitrogens with two attached hydrogens (primary N) is 1. The lowest BCUT2D eigenvalue weighted by atomic mass is 9.70. The number of benzene rings is 1. The number of phenols is 1. The lowest BCUT2D eigenvalue weighted by Gasteiger charge is -2.38. The third-order valence-electron chi connectivity index (χ3n) is 4.45. The van der Waals surface area contributed by atoms with E-state index in [1.54, 1.807) is 12.1 Å². The van der Waals surface area contributed by atoms with Gasteiger partial charge in [-0.05, 0) is 34.8 Å². The number of rotatable bonds is 4. The van der Waals surface area contributed by atoms with Gasteiger partial charge in [-0.3, -0.25) is 9.59 Å². The van der Waals surface area contributed by atoms with Gasteiger partial charge >= 0.3 is 5.97 Å². The van der Waals surface area contributed by atoms with E-state index < -0.39 is 16.9 Å². The number of aromatic hydroxyl groups is 1. The highest BCUT2D eigenvalue weighted by Gasteiger charge is 2.45. The highest BCUT2D eigenvalue weighted by Crippen LogP contribution is 2.34. The Morgan fingerprint density at radius 2 is 1.65 bits per heavy atom. The highest BCUT2D eigenvalue weighted by atomic mass is 16.4. The normalized spacial score (nSPS) is 14.2. The average Bonchev–Trinajstić information content (AvgIpc) is 2.44. The van der Waals surface area contributed by atoms with Crippen LogP contribution >= 0.6 is 0 Å². The molecule has 0 amide bonds. The SMILES string of the molecule is CC(C)(C)c1cccc(C=O)c1O.CC(C)CC(N)(C(=O)O)C(C)(C)C. The summed E-state index contributed by atoms with van der Waals surface area (Å²) in [4.78, 5) is 21.6. The summed E-state index contributed by atoms with van der Waals surface area (Å²) in [6.07, 6.45) is 1.18. The van der Waals surface area contributed by atoms with Gasteiger partial charge in [-0.2, -0.15) is 0 Å². The molecule has 0 aliphatic rings. The van der Waals surface area contributed by atoms with Crippen molar-refractivity contribution < 1.29 is 19.8 Å². The largest absolute Gasteiger partial charge is 0.507 e. The van der Waals surface area contributed by atoms with Gasteiger partial charge in [-0.15, -0.1) is 0 Å². The van der Waals surface area contributed by atoms with Gasteiger partial charge in [-0.1, -0.05) is 67.5 Å². The zero-order valence-electron chi connectivity index (χ0n) is 17.4. The minimum atomic E-state index is -1.12. The molecular weight excluding hydrogens is 330 g/mol. The fraction of sp³-hybridized carbons (Fsp3) is 0.619. The van der Waals surface area contributed by atoms with Crippen LogP contribution in [0.5, 0.6) is 5.75 Å². The predicted molar refractivity (Wildman–Crippen MR) is 106 cm³/mol. The fourth-order valence-electron chi connectivity index (χ4n) is 2.62. The molecule has 5 nitrogen and oxygen atoms in total. The number of aliphatic carboxylic acids is 1. The monoisotopic (exact) mass is 365 g/mol. The lowest BCUT2D eigenvalue weighted by Crippen LogP contribution is -2.58. The first-order valence-electron chi connectivity index (χ1n) is 8.87. The molecule has 0 saturated heterocycles. The lowest BCUT2D eigenvalue weighted by molar-refractivity contribution is -0.148. The summed E-state index contributed by atoms with van der Waals surface area (Å²) in [5.74, 6) is -0.515. The quantitative estimate of drug-likeness (QED) is 0.688. The molecule has 0 saturated carbocycles. The Labute approximate surface area is 157 Å². The van der Waals surface area contributed by atoms with Crippen LogP contribution in [0.25, 0.3) is 0 Å². The minimum absolute atomic E-state index is 0.102. The van der Waals surface area contributed by atoms with E-state index in [4.69, 9.17) is 10.8 Å². The summed E-state index contributed by atoms with van der Waals surface area (Å²) in [5.41, 5.74) is 5.40. The van der Waals surface area contributed by atoms with Gasteiger partial charge in [0.2, 0.25) is 0 Å². The third-order valence-corrected chi connectivity index (χ3v) is 4.45. The van der Waals surface area contributed by atoms with Crippen LogP contribution in [0.3, 0.4) is 0 Å². The van der Waals surface area contributed by atoms with Crippen LogP contribution in [0.2, 0.25) is 0 Å². The zero-order valence-corrected chi connectivity index (χ0v) is 17.4. The molecule has 0 aromatic heterocycles. The molecule has 5 heteroatoms. The second kappa shape index (κ2) is 8.67. The number of aldehydes is 1. The first kappa shape index (κ1) is 24.1. The van der Waals surface area contributed by atoms with E-state index in [2.05, 4.69) is 0 Å². The third kappa shape index (κ3) is 6.13. The van der Waals surface area contributed by atoms with Crippen molar-refractivity contribution in [3.63, 3.8) is 0 Å². The van der Waals surface area contributed by atoms with Gasteiger partial charge in [0.1, 0.15) is 11.3 Å². The Morgan fingerprint density at radius 3 is 1.92 bits per heavy atom. The minimum Gasteiger partial charge on any atom is -0.507 e. The number of carbonyl (C=O) groups excluding carboxylic acids is 1. The van der Waals surface area contributed by atoms with Crippen molar-refractivity contribution in [3.8, 4) is 5.75 Å². The van der Waals surface area contributed by atoms with E-state index in [0.29, 0.717) is 24.2 Å². The molecule has 1 aromatic rings. The van der Waals surface area contributed by atoms with Gasteiger partial charge in [-0.25, -0.2) is 0 Å². The Hall–Kier alpha value is -1.88. The Balaban J connectivity index is 0.000000481. The topological polar surface area (TPSA) is 101 Å². The molecule has 26 heavy (non-hydrogen) atoms. The second-order valence-electron chi connectivity index (χ2n) is 9.24. The molecule has 0 radical (unpaired) electrons. The molecule has 0 aliphatic carbocycles. The number of hydrogen-bond acceptors (Lipinski definition) is 4. The van der Waals surface area contributed by atoms with Crippen molar-refractivity contribution in [3.05, 3.63) is 29.3 Å². The van der Waals surface area contributed by atoms with Crippen LogP contribution in [-0.4, -0.2) is 28.0 Å². The van der Waals surface area contributed by atoms with Crippen LogP contribution < -0.4 is 5.73 Å². The molecule has 0 aliphatic heterocycles. The van der Waals surface area contributed by atoms with E-state index >= 15 is 0 Å². The van der Waals surface area contributed by atoms with Gasteiger partial charge in [0, 0.05) is 0 Å². The van der Waals surface area contributed by atoms with Crippen LogP contribution in [-0.2, 0) is 10.2 Å². The maximum atomic E-state index is 11.1. The standard InChI is InChI=1S/C11H14O2.C10H21NO2/c1-11(2,3)9-6-4-5-8(7-12)10(9)13;1-7(2)6-10(11,8(12)13)9(3,4)5/h4-7,13H,1-3H3;7H,6,11H2,1-5H3,(H,12,13). The summed E-state index contributed by atoms with van der Waals surface area (Å²) in [6, 6.07) is 5.23. The molecule has 1 unspecified atom stereocenters. The fourth-order valence-corrected chi connectivity index (χ4v) is 2.62. The molecule has 0 bridgehead atoms. The molecule has 0 spiro atoms. The van der Waals surface area contributed by atoms with Crippen molar-refractivity contribution in [2.24, 2.45) is 17.1 Å². The van der Waals surface area contributed by atoms with Crippen molar-refractivity contribution in [2.45, 2.75) is 72.8 Å². The number of carboxylic acid groups (broad SMARTS) is 1. The summed E-state index contributed by atoms with van der Waals surface area (Å²) >= 11 is 0. The second-order valence-corrected chi connectivity index (χ2v) is 9.24. The summed E-state index contributed by atoms with van der Waals surface area (Å²) < 4.78 is 0. The van der Waals surface area contributed by atoms with E-state index in [-0.39, 0.29) is 11.2 Å². The number of carboxylic acids is 1. The molecule has 0 heterocycles. The maximum Gasteiger partial charge on any atom is 0.324 e. The first-order chi connectivity index (χ1) is 11.6. The summed E-state index contributed by atoms with van der Waals surface area (Å²) in [7, 11) is 0. The number of phenolic OH excluding ortho intramolecular Hbond substituents is 1. The molecule has 148 valence electrons. The van der Waals surface area contributed by atoms with E-state index in [1.807, 2.05) is 61.5 Å². The number of carbonyl (C=O) groups is 2. The summed E-state index contributed by atoms with van der Waals surface area (Å²) in [5, 5.41) is 18.8. The molecule has 4 N–H and O–H groups in total. The van der Waals surface area contributed by atoms with Crippen LogP contribution in [0.1, 0.15) is 77.7 Å². The Kier molecular flexibility index (Phi) is 8.04. The molecule has 0 fully saturated rings. The Morgan fingerprint density at radius 1 is 1.15 bits per heavy atom. The van der Waals surface area contributed by atoms with Crippen molar-refractivity contribution in [1.29, 1.82) is 0 Å². The maximum absolute atomic E-state index is 11.1. The van der Waals surface area contributed by atoms with Gasteiger partial charge < -0.3 is 15.9 Å². The van der Waals surface area contributed by atoms with Crippen molar-refractivity contribution in [1.82, 2.24) is 0 Å². The van der Waals surface area contributed by atoms with Crippen LogP contribution in [0.15, 0.2) is 18.2 Å². The zero-order chi connectivity index (χ0) is 20.9. The number of para-hydroxylation sites is 1. The molecule has 1 atom stereocenters. The average molecular weight is 366 g/mol. The smallest absolute Gasteiger partial charge is 0.324 e. The molecular formula is C21H35NO4. The van der Waals surface area contributed by atoms with E-state index in [0.717, 1.165) is 5.56 Å². The van der Waals surface area contributed by atoms with Gasteiger partial charge in [0.25, 0.3) is 0 Å². The first-order valence-corrected chi connectivity index (χ1v) is 8.87. The van der Waals surface area contributed by atoms with E-state index in [1.165, 1.54) is 0 Å². The van der Waals surface area contributed by atoms with Gasteiger partial charge in [0.05, 0.1) is 5.56 Å². The highest BCUT2D eigenvalue weighted by molar-refractivity contribution is 5.80. The predicted octanol–water partition coefficient (Wildman–Crippen LogP) is 4.36. The summed E-state index contributed by atoms with van der Waals surface area (Å²) in [6.45, 7) is 15.5. The van der Waals surface area contributed by atoms with Crippen molar-refractivity contribution >= 4 is 12.3 Å². The van der Waals surface area contributed by atoms with Crippen LogP contribution in [0.4, 0.5) is 0 Å². The van der Waals surface area contributed by atoms with Gasteiger partial charge in [0.15, 0.2) is 6.29 Å². The van der Waals surface area contributed by atoms with Crippen LogP contribution in [0, 0.1) is 11.3 Å². The molecule has 1 rings (SSSR count). The Bertz CT molecular complexity index is 624. The van der Waals surface area contributed by atoms with Crippen molar-refractivity contribution in [2.75, 3.05) is 0 Å². The van der Waals surface area contributed by atoms with E-state index in [9.17, 15) is 14.7 Å².